The zero-order chi connectivity index (χ0) is 11.3. The molecule has 1 N–H and O–H groups in total. The number of rotatable bonds is 4. The Kier molecular flexibility index (Phi) is 4.42. The largest absolute Gasteiger partial charge is 0.496 e. The molecule has 0 aliphatic rings. The molecule has 0 aliphatic heterocycles. The first kappa shape index (κ1) is 11.8. The summed E-state index contributed by atoms with van der Waals surface area (Å²) in [5, 5.41) is 12.6. The topological polar surface area (TPSA) is 78.2 Å². The number of ether oxygens (including phenoxy) is 1. The van der Waals surface area contributed by atoms with Gasteiger partial charge in [0.15, 0.2) is 0 Å². The molecule has 0 radical (unpaired) electrons. The zero-order valence-electron chi connectivity index (χ0n) is 8.14. The highest BCUT2D eigenvalue weighted by atomic mass is 79.9. The minimum Gasteiger partial charge on any atom is -0.496 e. The first-order chi connectivity index (χ1) is 7.22. The van der Waals surface area contributed by atoms with Crippen molar-refractivity contribution in [3.63, 3.8) is 0 Å². The Morgan fingerprint density at radius 2 is 2.20 bits per heavy atom. The molecule has 15 heavy (non-hydrogen) atoms. The molecule has 0 amide bonds. The summed E-state index contributed by atoms with van der Waals surface area (Å²) in [7, 11) is 1.52. The smallest absolute Gasteiger partial charge is 0.127 e. The summed E-state index contributed by atoms with van der Waals surface area (Å²) in [6.07, 6.45) is 0. The van der Waals surface area contributed by atoms with Crippen molar-refractivity contribution in [3.8, 4) is 5.75 Å². The number of methoxy groups -OCH3 is 1. The van der Waals surface area contributed by atoms with Gasteiger partial charge in [-0.15, -0.1) is 0 Å². The van der Waals surface area contributed by atoms with E-state index in [0.29, 0.717) is 11.3 Å². The van der Waals surface area contributed by atoms with Crippen molar-refractivity contribution in [2.75, 3.05) is 7.11 Å². The fourth-order valence-electron chi connectivity index (χ4n) is 1.32. The van der Waals surface area contributed by atoms with Crippen molar-refractivity contribution in [3.05, 3.63) is 38.2 Å². The van der Waals surface area contributed by atoms with Gasteiger partial charge in [0.2, 0.25) is 0 Å². The average Bonchev–Trinajstić information content (AvgIpc) is 2.25. The Morgan fingerprint density at radius 3 is 2.73 bits per heavy atom. The van der Waals surface area contributed by atoms with Crippen molar-refractivity contribution in [1.82, 2.24) is 0 Å². The van der Waals surface area contributed by atoms with Crippen molar-refractivity contribution in [2.45, 2.75) is 13.2 Å². The number of azide groups is 1. The van der Waals surface area contributed by atoms with Crippen LogP contribution in [-0.4, -0.2) is 12.2 Å². The van der Waals surface area contributed by atoms with Crippen LogP contribution in [0.5, 0.6) is 5.75 Å². The first-order valence-electron chi connectivity index (χ1n) is 4.20. The average molecular weight is 272 g/mol. The van der Waals surface area contributed by atoms with Gasteiger partial charge in [-0.2, -0.15) is 0 Å². The van der Waals surface area contributed by atoms with Crippen molar-refractivity contribution in [1.29, 1.82) is 0 Å². The van der Waals surface area contributed by atoms with E-state index >= 15 is 0 Å². The molecule has 0 fully saturated rings. The molecule has 0 aromatic heterocycles. The molecule has 0 saturated carbocycles. The maximum atomic E-state index is 9.12. The van der Waals surface area contributed by atoms with E-state index in [1.165, 1.54) is 7.11 Å². The quantitative estimate of drug-likeness (QED) is 0.519. The van der Waals surface area contributed by atoms with E-state index in [4.69, 9.17) is 15.4 Å². The number of nitrogens with zero attached hydrogens (tertiary/aromatic N) is 3. The number of hydrogen-bond donors (Lipinski definition) is 1. The fourth-order valence-corrected chi connectivity index (χ4v) is 1.87. The van der Waals surface area contributed by atoms with Gasteiger partial charge in [-0.25, -0.2) is 0 Å². The normalized spacial score (nSPS) is 9.53. The van der Waals surface area contributed by atoms with Crippen LogP contribution in [0.15, 0.2) is 21.7 Å². The van der Waals surface area contributed by atoms with Crippen molar-refractivity contribution < 1.29 is 9.84 Å². The molecule has 0 atom stereocenters. The summed E-state index contributed by atoms with van der Waals surface area (Å²) in [5.74, 6) is 0.563. The Labute approximate surface area is 95.4 Å². The summed E-state index contributed by atoms with van der Waals surface area (Å²) in [4.78, 5) is 2.68. The lowest BCUT2D eigenvalue weighted by Gasteiger charge is -2.11. The number of aliphatic hydroxyl groups is 1. The maximum absolute atomic E-state index is 9.12. The fraction of sp³-hybridized carbons (Fsp3) is 0.333. The molecule has 1 aromatic carbocycles. The van der Waals surface area contributed by atoms with Crippen LogP contribution >= 0.6 is 15.9 Å². The number of halogens is 1. The van der Waals surface area contributed by atoms with Gasteiger partial charge in [-0.3, -0.25) is 0 Å². The third-order valence-electron chi connectivity index (χ3n) is 1.89. The molecule has 1 aromatic rings. The van der Waals surface area contributed by atoms with Crippen LogP contribution in [0.2, 0.25) is 0 Å². The Bertz CT molecular complexity index is 403. The highest BCUT2D eigenvalue weighted by molar-refractivity contribution is 9.10. The minimum absolute atomic E-state index is 0.119. The molecular formula is C9H10BrN3O2. The number of aliphatic hydroxyl groups excluding tert-OH is 1. The van der Waals surface area contributed by atoms with Crippen LogP contribution in [0, 0.1) is 0 Å². The Hall–Kier alpha value is -1.23. The van der Waals surface area contributed by atoms with Gasteiger partial charge in [0.05, 0.1) is 20.3 Å². The minimum atomic E-state index is -0.119. The highest BCUT2D eigenvalue weighted by Crippen LogP contribution is 2.29. The van der Waals surface area contributed by atoms with Gasteiger partial charge < -0.3 is 9.84 Å². The predicted molar refractivity (Wildman–Crippen MR) is 59.5 cm³/mol. The molecular weight excluding hydrogens is 262 g/mol. The summed E-state index contributed by atoms with van der Waals surface area (Å²) in [6.45, 7) is 0.0813. The molecule has 6 heteroatoms. The van der Waals surface area contributed by atoms with Crippen molar-refractivity contribution in [2.24, 2.45) is 5.11 Å². The standard InChI is InChI=1S/C9H10BrN3O2/c1-15-9-6(4-12-13-11)2-8(10)3-7(9)5-14/h2-3,14H,4-5H2,1H3. The first-order valence-corrected chi connectivity index (χ1v) is 4.99. The number of hydrogen-bond acceptors (Lipinski definition) is 3. The van der Waals surface area contributed by atoms with E-state index in [1.807, 2.05) is 0 Å². The van der Waals surface area contributed by atoms with Gasteiger partial charge >= 0.3 is 0 Å². The van der Waals surface area contributed by atoms with Crippen LogP contribution in [0.1, 0.15) is 11.1 Å². The second kappa shape index (κ2) is 5.60. The molecule has 0 saturated heterocycles. The van der Waals surface area contributed by atoms with Gasteiger partial charge in [0, 0.05) is 20.5 Å². The second-order valence-corrected chi connectivity index (χ2v) is 3.72. The predicted octanol–water partition coefficient (Wildman–Crippen LogP) is 2.76. The number of benzene rings is 1. The van der Waals surface area contributed by atoms with Crippen LogP contribution in [0.3, 0.4) is 0 Å². The second-order valence-electron chi connectivity index (χ2n) is 2.80. The van der Waals surface area contributed by atoms with E-state index < -0.39 is 0 Å². The molecule has 0 bridgehead atoms. The van der Waals surface area contributed by atoms with E-state index in [0.717, 1.165) is 10.0 Å². The van der Waals surface area contributed by atoms with E-state index in [1.54, 1.807) is 12.1 Å². The molecule has 0 unspecified atom stereocenters. The third-order valence-corrected chi connectivity index (χ3v) is 2.34. The molecule has 5 nitrogen and oxygen atoms in total. The lowest BCUT2D eigenvalue weighted by atomic mass is 10.1. The van der Waals surface area contributed by atoms with Crippen molar-refractivity contribution >= 4 is 15.9 Å². The van der Waals surface area contributed by atoms with Gasteiger partial charge in [-0.1, -0.05) is 21.0 Å². The molecule has 1 rings (SSSR count). The zero-order valence-corrected chi connectivity index (χ0v) is 9.73. The summed E-state index contributed by atoms with van der Waals surface area (Å²) >= 11 is 3.31. The highest BCUT2D eigenvalue weighted by Gasteiger charge is 2.09. The molecule has 0 aliphatic carbocycles. The summed E-state index contributed by atoms with van der Waals surface area (Å²) < 4.78 is 5.97. The Balaban J connectivity index is 3.21. The summed E-state index contributed by atoms with van der Waals surface area (Å²) in [6, 6.07) is 3.56. The Morgan fingerprint density at radius 1 is 1.53 bits per heavy atom. The third kappa shape index (κ3) is 2.86. The lowest BCUT2D eigenvalue weighted by molar-refractivity contribution is 0.273. The molecule has 0 heterocycles. The van der Waals surface area contributed by atoms with Gasteiger partial charge in [0.25, 0.3) is 0 Å². The summed E-state index contributed by atoms with van der Waals surface area (Å²) in [5.41, 5.74) is 9.65. The SMILES string of the molecule is COc1c(CO)cc(Br)cc1CN=[N+]=[N-]. The molecule has 80 valence electrons. The van der Waals surface area contributed by atoms with E-state index in [2.05, 4.69) is 26.0 Å². The van der Waals surface area contributed by atoms with E-state index in [9.17, 15) is 0 Å². The van der Waals surface area contributed by atoms with Crippen LogP contribution in [-0.2, 0) is 13.2 Å². The maximum Gasteiger partial charge on any atom is 0.127 e. The monoisotopic (exact) mass is 271 g/mol. The lowest BCUT2D eigenvalue weighted by Crippen LogP contribution is -1.97. The van der Waals surface area contributed by atoms with Gasteiger partial charge in [0.1, 0.15) is 5.75 Å². The van der Waals surface area contributed by atoms with Crippen LogP contribution in [0.4, 0.5) is 0 Å². The van der Waals surface area contributed by atoms with Gasteiger partial charge in [-0.05, 0) is 17.7 Å². The van der Waals surface area contributed by atoms with Crippen LogP contribution < -0.4 is 4.74 Å². The molecule has 0 spiro atoms. The van der Waals surface area contributed by atoms with Crippen LogP contribution in [0.25, 0.3) is 10.4 Å². The van der Waals surface area contributed by atoms with E-state index in [-0.39, 0.29) is 13.2 Å².